The number of furan rings is 1. The van der Waals surface area contributed by atoms with Crippen LogP contribution in [0.1, 0.15) is 21.0 Å². The quantitative estimate of drug-likeness (QED) is 0.865. The lowest BCUT2D eigenvalue weighted by atomic mass is 10.3. The molecule has 15 heavy (non-hydrogen) atoms. The van der Waals surface area contributed by atoms with E-state index in [1.807, 2.05) is 24.4 Å². The molecule has 0 unspecified atom stereocenters. The molecule has 0 atom stereocenters. The SMILES string of the molecule is Cc1csc(C(=O)NCc2ccco2)c1. The van der Waals surface area contributed by atoms with Crippen molar-refractivity contribution in [2.24, 2.45) is 0 Å². The van der Waals surface area contributed by atoms with Gasteiger partial charge in [0.1, 0.15) is 5.76 Å². The summed E-state index contributed by atoms with van der Waals surface area (Å²) in [5, 5.41) is 4.75. The Morgan fingerprint density at radius 3 is 3.07 bits per heavy atom. The van der Waals surface area contributed by atoms with Crippen LogP contribution in [0.3, 0.4) is 0 Å². The lowest BCUT2D eigenvalue weighted by molar-refractivity contribution is 0.0952. The van der Waals surface area contributed by atoms with Crippen LogP contribution in [0.4, 0.5) is 0 Å². The van der Waals surface area contributed by atoms with Gasteiger partial charge < -0.3 is 9.73 Å². The third kappa shape index (κ3) is 2.47. The second kappa shape index (κ2) is 4.31. The summed E-state index contributed by atoms with van der Waals surface area (Å²) in [5.74, 6) is 0.709. The Bertz CT molecular complexity index is 445. The van der Waals surface area contributed by atoms with E-state index in [2.05, 4.69) is 5.32 Å². The molecule has 0 aliphatic carbocycles. The Balaban J connectivity index is 1.93. The smallest absolute Gasteiger partial charge is 0.261 e. The number of carbonyl (C=O) groups is 1. The minimum absolute atomic E-state index is 0.0514. The number of carbonyl (C=O) groups excluding carboxylic acids is 1. The molecule has 1 amide bonds. The van der Waals surface area contributed by atoms with Gasteiger partial charge in [-0.05, 0) is 36.1 Å². The van der Waals surface area contributed by atoms with Crippen molar-refractivity contribution in [3.63, 3.8) is 0 Å². The maximum absolute atomic E-state index is 11.6. The van der Waals surface area contributed by atoms with Crippen LogP contribution in [-0.4, -0.2) is 5.91 Å². The largest absolute Gasteiger partial charge is 0.467 e. The first kappa shape index (κ1) is 9.98. The van der Waals surface area contributed by atoms with Crippen LogP contribution < -0.4 is 5.32 Å². The van der Waals surface area contributed by atoms with Crippen molar-refractivity contribution in [1.29, 1.82) is 0 Å². The first-order valence-corrected chi connectivity index (χ1v) is 5.49. The van der Waals surface area contributed by atoms with Crippen LogP contribution in [0, 0.1) is 6.92 Å². The summed E-state index contributed by atoms with van der Waals surface area (Å²) < 4.78 is 5.11. The first-order valence-electron chi connectivity index (χ1n) is 4.61. The molecule has 0 aliphatic rings. The molecule has 0 fully saturated rings. The van der Waals surface area contributed by atoms with E-state index < -0.39 is 0 Å². The highest BCUT2D eigenvalue weighted by atomic mass is 32.1. The molecule has 1 N–H and O–H groups in total. The second-order valence-electron chi connectivity index (χ2n) is 3.25. The Morgan fingerprint density at radius 2 is 2.47 bits per heavy atom. The summed E-state index contributed by atoms with van der Waals surface area (Å²) in [5.41, 5.74) is 1.11. The van der Waals surface area contributed by atoms with Crippen molar-refractivity contribution in [2.45, 2.75) is 13.5 Å². The van der Waals surface area contributed by atoms with E-state index >= 15 is 0 Å². The normalized spacial score (nSPS) is 10.2. The van der Waals surface area contributed by atoms with Gasteiger partial charge in [0.15, 0.2) is 0 Å². The van der Waals surface area contributed by atoms with Crippen LogP contribution in [0.25, 0.3) is 0 Å². The van der Waals surface area contributed by atoms with E-state index in [1.54, 1.807) is 12.3 Å². The Labute approximate surface area is 91.7 Å². The third-order valence-electron chi connectivity index (χ3n) is 1.96. The van der Waals surface area contributed by atoms with Crippen molar-refractivity contribution >= 4 is 17.2 Å². The molecule has 3 nitrogen and oxygen atoms in total. The van der Waals surface area contributed by atoms with Crippen molar-refractivity contribution in [1.82, 2.24) is 5.32 Å². The maximum Gasteiger partial charge on any atom is 0.261 e. The van der Waals surface area contributed by atoms with Gasteiger partial charge in [-0.3, -0.25) is 4.79 Å². The number of rotatable bonds is 3. The van der Waals surface area contributed by atoms with Crippen molar-refractivity contribution in [3.8, 4) is 0 Å². The molecule has 0 aliphatic heterocycles. The van der Waals surface area contributed by atoms with Gasteiger partial charge in [-0.25, -0.2) is 0 Å². The lowest BCUT2D eigenvalue weighted by Gasteiger charge is -1.99. The number of hydrogen-bond donors (Lipinski definition) is 1. The summed E-state index contributed by atoms with van der Waals surface area (Å²) in [4.78, 5) is 12.3. The molecular formula is C11H11NO2S. The number of amides is 1. The highest BCUT2D eigenvalue weighted by molar-refractivity contribution is 7.12. The highest BCUT2D eigenvalue weighted by Crippen LogP contribution is 2.13. The molecule has 2 rings (SSSR count). The van der Waals surface area contributed by atoms with E-state index in [4.69, 9.17) is 4.42 Å². The van der Waals surface area contributed by atoms with E-state index in [-0.39, 0.29) is 5.91 Å². The standard InChI is InChI=1S/C11H11NO2S/c1-8-5-10(15-7-8)11(13)12-6-9-3-2-4-14-9/h2-5,7H,6H2,1H3,(H,12,13). The fourth-order valence-corrected chi connectivity index (χ4v) is 2.03. The fraction of sp³-hybridized carbons (Fsp3) is 0.182. The van der Waals surface area contributed by atoms with Gasteiger partial charge in [0.2, 0.25) is 0 Å². The molecule has 0 saturated carbocycles. The van der Waals surface area contributed by atoms with E-state index in [0.717, 1.165) is 16.2 Å². The lowest BCUT2D eigenvalue weighted by Crippen LogP contribution is -2.21. The molecule has 2 aromatic heterocycles. The van der Waals surface area contributed by atoms with Crippen LogP contribution in [0.2, 0.25) is 0 Å². The number of thiophene rings is 1. The van der Waals surface area contributed by atoms with Crippen molar-refractivity contribution < 1.29 is 9.21 Å². The molecule has 2 aromatic rings. The molecule has 0 spiro atoms. The first-order chi connectivity index (χ1) is 7.25. The van der Waals surface area contributed by atoms with E-state index in [1.165, 1.54) is 11.3 Å². The maximum atomic E-state index is 11.6. The number of hydrogen-bond acceptors (Lipinski definition) is 3. The Morgan fingerprint density at radius 1 is 1.60 bits per heavy atom. The molecule has 2 heterocycles. The summed E-state index contributed by atoms with van der Waals surface area (Å²) >= 11 is 1.45. The zero-order valence-electron chi connectivity index (χ0n) is 8.32. The minimum Gasteiger partial charge on any atom is -0.467 e. The second-order valence-corrected chi connectivity index (χ2v) is 4.16. The average Bonchev–Trinajstić information content (AvgIpc) is 2.84. The Kier molecular flexibility index (Phi) is 2.87. The molecule has 0 bridgehead atoms. The van der Waals surface area contributed by atoms with E-state index in [9.17, 15) is 4.79 Å². The van der Waals surface area contributed by atoms with Gasteiger partial charge in [-0.2, -0.15) is 0 Å². The van der Waals surface area contributed by atoms with E-state index in [0.29, 0.717) is 6.54 Å². The zero-order valence-corrected chi connectivity index (χ0v) is 9.14. The van der Waals surface area contributed by atoms with Crippen LogP contribution in [-0.2, 0) is 6.54 Å². The average molecular weight is 221 g/mol. The van der Waals surface area contributed by atoms with Gasteiger partial charge in [0.25, 0.3) is 5.91 Å². The predicted octanol–water partition coefficient (Wildman–Crippen LogP) is 2.58. The van der Waals surface area contributed by atoms with Crippen molar-refractivity contribution in [2.75, 3.05) is 0 Å². The summed E-state index contributed by atoms with van der Waals surface area (Å²) in [6.07, 6.45) is 1.59. The summed E-state index contributed by atoms with van der Waals surface area (Å²) in [6.45, 7) is 2.41. The van der Waals surface area contributed by atoms with Gasteiger partial charge in [-0.15, -0.1) is 11.3 Å². The topological polar surface area (TPSA) is 42.2 Å². The molecule has 78 valence electrons. The number of aryl methyl sites for hydroxylation is 1. The fourth-order valence-electron chi connectivity index (χ4n) is 1.22. The molecular weight excluding hydrogens is 210 g/mol. The predicted molar refractivity (Wildman–Crippen MR) is 58.9 cm³/mol. The molecule has 0 saturated heterocycles. The zero-order chi connectivity index (χ0) is 10.7. The van der Waals surface area contributed by atoms with Gasteiger partial charge in [0, 0.05) is 0 Å². The molecule has 4 heteroatoms. The monoisotopic (exact) mass is 221 g/mol. The summed E-state index contributed by atoms with van der Waals surface area (Å²) in [7, 11) is 0. The summed E-state index contributed by atoms with van der Waals surface area (Å²) in [6, 6.07) is 5.51. The molecule has 0 radical (unpaired) electrons. The van der Waals surface area contributed by atoms with Crippen LogP contribution in [0.15, 0.2) is 34.3 Å². The third-order valence-corrected chi connectivity index (χ3v) is 3.00. The van der Waals surface area contributed by atoms with Gasteiger partial charge >= 0.3 is 0 Å². The minimum atomic E-state index is -0.0514. The molecule has 0 aromatic carbocycles. The van der Waals surface area contributed by atoms with Gasteiger partial charge in [0.05, 0.1) is 17.7 Å². The van der Waals surface area contributed by atoms with Crippen LogP contribution in [0.5, 0.6) is 0 Å². The van der Waals surface area contributed by atoms with Gasteiger partial charge in [-0.1, -0.05) is 0 Å². The highest BCUT2D eigenvalue weighted by Gasteiger charge is 2.07. The number of nitrogens with one attached hydrogen (secondary N) is 1. The Hall–Kier alpha value is -1.55. The van der Waals surface area contributed by atoms with Crippen molar-refractivity contribution in [3.05, 3.63) is 46.0 Å². The van der Waals surface area contributed by atoms with Crippen LogP contribution >= 0.6 is 11.3 Å².